The molecule has 0 saturated carbocycles. The fourth-order valence-corrected chi connectivity index (χ4v) is 2.63. The van der Waals surface area contributed by atoms with Crippen LogP contribution in [0.5, 0.6) is 0 Å². The van der Waals surface area contributed by atoms with E-state index in [4.69, 9.17) is 0 Å². The Morgan fingerprint density at radius 3 is 2.39 bits per heavy atom. The van der Waals surface area contributed by atoms with Gasteiger partial charge >= 0.3 is 0 Å². The zero-order valence-electron chi connectivity index (χ0n) is 8.95. The summed E-state index contributed by atoms with van der Waals surface area (Å²) in [6, 6.07) is 7.85. The highest BCUT2D eigenvalue weighted by Crippen LogP contribution is 2.20. The molecule has 92 valence electrons. The molecule has 0 spiro atoms. The number of nitrogens with zero attached hydrogens (tertiary/aromatic N) is 1. The smallest absolute Gasteiger partial charge is 0.255 e. The lowest BCUT2D eigenvalue weighted by atomic mass is 10.2. The first-order chi connectivity index (χ1) is 8.54. The molecule has 1 aromatic carbocycles. The third-order valence-electron chi connectivity index (χ3n) is 2.11. The molecule has 1 aromatic heterocycles. The summed E-state index contributed by atoms with van der Waals surface area (Å²) in [6.45, 7) is 0. The quantitative estimate of drug-likeness (QED) is 0.808. The predicted molar refractivity (Wildman–Crippen MR) is 74.0 cm³/mol. The van der Waals surface area contributed by atoms with Gasteiger partial charge in [0.15, 0.2) is 0 Å². The molecule has 0 radical (unpaired) electrons. The fraction of sp³-hybridized carbons (Fsp3) is 0. The van der Waals surface area contributed by atoms with Crippen molar-refractivity contribution in [2.45, 2.75) is 0 Å². The first kappa shape index (κ1) is 13.2. The highest BCUT2D eigenvalue weighted by Gasteiger charge is 2.08. The number of carbonyl (C=O) groups is 1. The summed E-state index contributed by atoms with van der Waals surface area (Å²) in [5, 5.41) is 2.63. The monoisotopic (exact) mass is 372 g/mol. The van der Waals surface area contributed by atoms with Crippen molar-refractivity contribution in [3.05, 3.63) is 57.0 Å². The van der Waals surface area contributed by atoms with Crippen LogP contribution in [-0.2, 0) is 0 Å². The Labute approximate surface area is 120 Å². The molecule has 0 aliphatic heterocycles. The van der Waals surface area contributed by atoms with Crippen LogP contribution in [0.3, 0.4) is 0 Å². The van der Waals surface area contributed by atoms with Crippen LogP contribution < -0.4 is 5.32 Å². The van der Waals surface area contributed by atoms with Crippen molar-refractivity contribution in [1.29, 1.82) is 0 Å². The second kappa shape index (κ2) is 5.58. The van der Waals surface area contributed by atoms with E-state index in [1.165, 1.54) is 18.3 Å². The maximum atomic E-state index is 12.6. The number of carbonyl (C=O) groups excluding carboxylic acids is 1. The molecule has 2 aromatic rings. The Bertz CT molecular complexity index is 567. The molecule has 6 heteroatoms. The third kappa shape index (κ3) is 3.36. The number of halogens is 3. The minimum atomic E-state index is -0.585. The van der Waals surface area contributed by atoms with Crippen molar-refractivity contribution >= 4 is 43.5 Å². The van der Waals surface area contributed by atoms with Gasteiger partial charge in [0, 0.05) is 14.5 Å². The number of amides is 1. The van der Waals surface area contributed by atoms with E-state index in [2.05, 4.69) is 42.2 Å². The highest BCUT2D eigenvalue weighted by molar-refractivity contribution is 9.11. The van der Waals surface area contributed by atoms with Crippen molar-refractivity contribution in [2.24, 2.45) is 0 Å². The molecule has 1 N–H and O–H groups in total. The van der Waals surface area contributed by atoms with Crippen LogP contribution in [0.25, 0.3) is 0 Å². The number of benzene rings is 1. The summed E-state index contributed by atoms with van der Waals surface area (Å²) in [4.78, 5) is 15.4. The Morgan fingerprint density at radius 2 is 1.83 bits per heavy atom. The molecule has 1 amide bonds. The second-order valence-electron chi connectivity index (χ2n) is 3.48. The number of rotatable bonds is 2. The van der Waals surface area contributed by atoms with E-state index in [0.717, 1.165) is 8.95 Å². The van der Waals surface area contributed by atoms with Gasteiger partial charge in [0.05, 0.1) is 11.9 Å². The molecule has 0 saturated heterocycles. The number of pyridine rings is 1. The maximum Gasteiger partial charge on any atom is 0.255 e. The zero-order valence-corrected chi connectivity index (χ0v) is 12.1. The van der Waals surface area contributed by atoms with Gasteiger partial charge in [-0.05, 0) is 30.3 Å². The largest absolute Gasteiger partial charge is 0.321 e. The summed E-state index contributed by atoms with van der Waals surface area (Å²) < 4.78 is 14.2. The van der Waals surface area contributed by atoms with Crippen LogP contribution in [0.1, 0.15) is 10.4 Å². The molecule has 2 rings (SSSR count). The molecule has 0 aliphatic carbocycles. The first-order valence-electron chi connectivity index (χ1n) is 4.93. The van der Waals surface area contributed by atoms with E-state index < -0.39 is 5.95 Å². The van der Waals surface area contributed by atoms with E-state index in [1.807, 2.05) is 6.07 Å². The van der Waals surface area contributed by atoms with Crippen molar-refractivity contribution in [2.75, 3.05) is 5.32 Å². The van der Waals surface area contributed by atoms with Gasteiger partial charge in [0.25, 0.3) is 5.91 Å². The molecular formula is C12H7Br2FN2O. The van der Waals surface area contributed by atoms with Gasteiger partial charge in [-0.3, -0.25) is 4.79 Å². The van der Waals surface area contributed by atoms with Crippen molar-refractivity contribution < 1.29 is 9.18 Å². The molecule has 0 unspecified atom stereocenters. The molecular weight excluding hydrogens is 367 g/mol. The first-order valence-corrected chi connectivity index (χ1v) is 6.52. The standard InChI is InChI=1S/C12H7Br2FN2O/c13-8-3-7(4-9(14)5-8)12(18)17-10-1-2-11(15)16-6-10/h1-6H,(H,17,18). The van der Waals surface area contributed by atoms with Crippen molar-refractivity contribution in [1.82, 2.24) is 4.98 Å². The lowest BCUT2D eigenvalue weighted by Gasteiger charge is -2.05. The number of anilines is 1. The highest BCUT2D eigenvalue weighted by atomic mass is 79.9. The normalized spacial score (nSPS) is 10.2. The molecule has 0 bridgehead atoms. The van der Waals surface area contributed by atoms with Crippen LogP contribution in [0.2, 0.25) is 0 Å². The Balaban J connectivity index is 2.19. The van der Waals surface area contributed by atoms with Gasteiger partial charge in [0.2, 0.25) is 5.95 Å². The van der Waals surface area contributed by atoms with Crippen molar-refractivity contribution in [3.8, 4) is 0 Å². The molecule has 0 fully saturated rings. The van der Waals surface area contributed by atoms with Gasteiger partial charge in [-0.1, -0.05) is 31.9 Å². The summed E-state index contributed by atoms with van der Waals surface area (Å²) in [7, 11) is 0. The average Bonchev–Trinajstić information content (AvgIpc) is 2.31. The van der Waals surface area contributed by atoms with Crippen LogP contribution in [-0.4, -0.2) is 10.9 Å². The van der Waals surface area contributed by atoms with Crippen LogP contribution >= 0.6 is 31.9 Å². The summed E-state index contributed by atoms with van der Waals surface area (Å²) in [5.74, 6) is -0.872. The van der Waals surface area contributed by atoms with Gasteiger partial charge < -0.3 is 5.32 Å². The minimum absolute atomic E-state index is 0.287. The minimum Gasteiger partial charge on any atom is -0.321 e. The van der Waals surface area contributed by atoms with E-state index in [0.29, 0.717) is 11.3 Å². The number of aromatic nitrogens is 1. The fourth-order valence-electron chi connectivity index (χ4n) is 1.34. The summed E-state index contributed by atoms with van der Waals surface area (Å²) >= 11 is 6.61. The molecule has 1 heterocycles. The Hall–Kier alpha value is -1.27. The molecule has 3 nitrogen and oxygen atoms in total. The number of nitrogens with one attached hydrogen (secondary N) is 1. The van der Waals surface area contributed by atoms with E-state index in [9.17, 15) is 9.18 Å². The van der Waals surface area contributed by atoms with Gasteiger partial charge in [-0.15, -0.1) is 0 Å². The second-order valence-corrected chi connectivity index (χ2v) is 5.31. The molecule has 18 heavy (non-hydrogen) atoms. The third-order valence-corrected chi connectivity index (χ3v) is 3.03. The Kier molecular flexibility index (Phi) is 4.08. The summed E-state index contributed by atoms with van der Waals surface area (Å²) in [5.41, 5.74) is 0.929. The SMILES string of the molecule is O=C(Nc1ccc(F)nc1)c1cc(Br)cc(Br)c1. The zero-order chi connectivity index (χ0) is 13.1. The predicted octanol–water partition coefficient (Wildman–Crippen LogP) is 4.00. The topological polar surface area (TPSA) is 42.0 Å². The molecule has 0 atom stereocenters. The lowest BCUT2D eigenvalue weighted by molar-refractivity contribution is 0.102. The molecule has 0 aliphatic rings. The van der Waals surface area contributed by atoms with Crippen LogP contribution in [0.4, 0.5) is 10.1 Å². The summed E-state index contributed by atoms with van der Waals surface area (Å²) in [6.07, 6.45) is 1.26. The number of hydrogen-bond donors (Lipinski definition) is 1. The van der Waals surface area contributed by atoms with E-state index in [1.54, 1.807) is 12.1 Å². The van der Waals surface area contributed by atoms with Crippen LogP contribution in [0.15, 0.2) is 45.5 Å². The average molecular weight is 374 g/mol. The van der Waals surface area contributed by atoms with E-state index >= 15 is 0 Å². The van der Waals surface area contributed by atoms with Gasteiger partial charge in [-0.25, -0.2) is 4.98 Å². The Morgan fingerprint density at radius 1 is 1.17 bits per heavy atom. The van der Waals surface area contributed by atoms with Crippen LogP contribution in [0, 0.1) is 5.95 Å². The maximum absolute atomic E-state index is 12.6. The lowest BCUT2D eigenvalue weighted by Crippen LogP contribution is -2.12. The van der Waals surface area contributed by atoms with E-state index in [-0.39, 0.29) is 5.91 Å². The van der Waals surface area contributed by atoms with Crippen molar-refractivity contribution in [3.63, 3.8) is 0 Å². The van der Waals surface area contributed by atoms with Gasteiger partial charge in [0.1, 0.15) is 0 Å². The number of hydrogen-bond acceptors (Lipinski definition) is 2. The van der Waals surface area contributed by atoms with Gasteiger partial charge in [-0.2, -0.15) is 4.39 Å².